The van der Waals surface area contributed by atoms with Crippen molar-refractivity contribution in [1.82, 2.24) is 15.0 Å². The Morgan fingerprint density at radius 1 is 0.426 bits per heavy atom. The van der Waals surface area contributed by atoms with Gasteiger partial charge in [-0.3, -0.25) is 0 Å². The highest BCUT2D eigenvalue weighted by Crippen LogP contribution is 2.57. The standard InChI is InChI=1S/C50H33N3O/c1-50(2)41-28-25-32(29-40(41)43-36-21-11-12-22-37(36)46-44(45(43)50)39-23-13-14-24-42(39)54-46)33-26-27-38(35-20-10-9-19-34(33)35)49-52-47(30-15-5-3-6-16-30)51-48(53-49)31-17-7-4-8-18-31/h3-29H,1-2H3. The summed E-state index contributed by atoms with van der Waals surface area (Å²) in [4.78, 5) is 15.1. The summed E-state index contributed by atoms with van der Waals surface area (Å²) < 4.78 is 6.62. The second kappa shape index (κ2) is 11.5. The summed E-state index contributed by atoms with van der Waals surface area (Å²) in [5, 5.41) is 7.00. The zero-order valence-electron chi connectivity index (χ0n) is 29.8. The Labute approximate surface area is 312 Å². The number of furan rings is 1. The minimum absolute atomic E-state index is 0.227. The van der Waals surface area contributed by atoms with Crippen LogP contribution in [0.3, 0.4) is 0 Å². The van der Waals surface area contributed by atoms with Gasteiger partial charge in [0, 0.05) is 38.3 Å². The number of aromatic nitrogens is 3. The van der Waals surface area contributed by atoms with Crippen molar-refractivity contribution >= 4 is 43.5 Å². The lowest BCUT2D eigenvalue weighted by Crippen LogP contribution is -2.15. The molecule has 0 unspecified atom stereocenters. The number of rotatable bonds is 4. The summed E-state index contributed by atoms with van der Waals surface area (Å²) in [6.07, 6.45) is 0. The molecule has 0 bridgehead atoms. The monoisotopic (exact) mass is 691 g/mol. The van der Waals surface area contributed by atoms with E-state index < -0.39 is 0 Å². The molecule has 2 heterocycles. The number of nitrogens with zero attached hydrogens (tertiary/aromatic N) is 3. The van der Waals surface area contributed by atoms with Crippen LogP contribution in [-0.4, -0.2) is 15.0 Å². The van der Waals surface area contributed by atoms with Crippen LogP contribution in [0.15, 0.2) is 168 Å². The molecule has 0 amide bonds. The topological polar surface area (TPSA) is 51.8 Å². The van der Waals surface area contributed by atoms with E-state index in [1.807, 2.05) is 60.7 Å². The van der Waals surface area contributed by atoms with Crippen molar-refractivity contribution in [2.24, 2.45) is 0 Å². The first-order chi connectivity index (χ1) is 26.5. The molecule has 10 aromatic rings. The molecule has 0 spiro atoms. The summed E-state index contributed by atoms with van der Waals surface area (Å²) >= 11 is 0. The second-order valence-corrected chi connectivity index (χ2v) is 14.7. The first-order valence-corrected chi connectivity index (χ1v) is 18.5. The van der Waals surface area contributed by atoms with E-state index in [9.17, 15) is 0 Å². The zero-order chi connectivity index (χ0) is 36.0. The van der Waals surface area contributed by atoms with Gasteiger partial charge in [-0.25, -0.2) is 15.0 Å². The van der Waals surface area contributed by atoms with Crippen molar-refractivity contribution in [1.29, 1.82) is 0 Å². The fourth-order valence-electron chi connectivity index (χ4n) is 8.82. The van der Waals surface area contributed by atoms with Crippen LogP contribution in [0.1, 0.15) is 25.0 Å². The molecule has 1 aliphatic rings. The highest BCUT2D eigenvalue weighted by Gasteiger charge is 2.40. The fourth-order valence-corrected chi connectivity index (χ4v) is 8.82. The minimum atomic E-state index is -0.227. The molecular weight excluding hydrogens is 659 g/mol. The zero-order valence-corrected chi connectivity index (χ0v) is 29.8. The quantitative estimate of drug-likeness (QED) is 0.184. The van der Waals surface area contributed by atoms with Gasteiger partial charge in [0.15, 0.2) is 17.5 Å². The highest BCUT2D eigenvalue weighted by molar-refractivity contribution is 6.23. The summed E-state index contributed by atoms with van der Waals surface area (Å²) in [5.41, 5.74) is 12.1. The van der Waals surface area contributed by atoms with Gasteiger partial charge in [0.2, 0.25) is 0 Å². The van der Waals surface area contributed by atoms with E-state index in [1.54, 1.807) is 0 Å². The molecule has 0 fully saturated rings. The molecule has 0 atom stereocenters. The Bertz CT molecular complexity index is 3070. The molecule has 0 radical (unpaired) electrons. The first kappa shape index (κ1) is 30.7. The molecule has 254 valence electrons. The summed E-state index contributed by atoms with van der Waals surface area (Å²) in [6, 6.07) is 57.5. The Morgan fingerprint density at radius 2 is 0.963 bits per heavy atom. The van der Waals surface area contributed by atoms with E-state index in [0.717, 1.165) is 44.0 Å². The number of para-hydroxylation sites is 1. The largest absolute Gasteiger partial charge is 0.455 e. The Morgan fingerprint density at radius 3 is 1.65 bits per heavy atom. The molecule has 2 aromatic heterocycles. The molecule has 0 saturated carbocycles. The number of hydrogen-bond acceptors (Lipinski definition) is 4. The molecule has 8 aromatic carbocycles. The highest BCUT2D eigenvalue weighted by atomic mass is 16.3. The van der Waals surface area contributed by atoms with Gasteiger partial charge in [0.1, 0.15) is 11.2 Å². The minimum Gasteiger partial charge on any atom is -0.455 e. The molecule has 1 aliphatic carbocycles. The molecule has 0 aliphatic heterocycles. The molecule has 4 nitrogen and oxygen atoms in total. The van der Waals surface area contributed by atoms with Gasteiger partial charge in [-0.2, -0.15) is 0 Å². The number of hydrogen-bond donors (Lipinski definition) is 0. The maximum Gasteiger partial charge on any atom is 0.164 e. The van der Waals surface area contributed by atoms with Crippen LogP contribution in [0.2, 0.25) is 0 Å². The van der Waals surface area contributed by atoms with Crippen LogP contribution < -0.4 is 0 Å². The fraction of sp³-hybridized carbons (Fsp3) is 0.0600. The molecule has 4 heteroatoms. The molecule has 0 saturated heterocycles. The van der Waals surface area contributed by atoms with Gasteiger partial charge in [0.05, 0.1) is 0 Å². The molecular formula is C50H33N3O. The lowest BCUT2D eigenvalue weighted by atomic mass is 9.79. The first-order valence-electron chi connectivity index (χ1n) is 18.5. The lowest BCUT2D eigenvalue weighted by Gasteiger charge is -2.23. The summed E-state index contributed by atoms with van der Waals surface area (Å²) in [6.45, 7) is 4.72. The Balaban J connectivity index is 1.12. The third kappa shape index (κ3) is 4.47. The molecule has 54 heavy (non-hydrogen) atoms. The average molecular weight is 692 g/mol. The van der Waals surface area contributed by atoms with Crippen molar-refractivity contribution in [2.45, 2.75) is 19.3 Å². The van der Waals surface area contributed by atoms with Gasteiger partial charge in [-0.15, -0.1) is 0 Å². The van der Waals surface area contributed by atoms with E-state index in [4.69, 9.17) is 19.4 Å². The SMILES string of the molecule is CC1(C)c2ccc(-c3ccc(-c4nc(-c5ccccc5)nc(-c5ccccc5)n4)c4ccccc34)cc2-c2c1c1c3ccccc3oc1c1ccccc21. The molecule has 11 rings (SSSR count). The maximum absolute atomic E-state index is 6.62. The Kier molecular flexibility index (Phi) is 6.56. The van der Waals surface area contributed by atoms with Crippen LogP contribution in [0.4, 0.5) is 0 Å². The van der Waals surface area contributed by atoms with Gasteiger partial charge in [0.25, 0.3) is 0 Å². The van der Waals surface area contributed by atoms with Crippen molar-refractivity contribution < 1.29 is 4.42 Å². The lowest BCUT2D eigenvalue weighted by molar-refractivity contribution is 0.659. The van der Waals surface area contributed by atoms with Crippen LogP contribution in [0.5, 0.6) is 0 Å². The van der Waals surface area contributed by atoms with E-state index in [2.05, 4.69) is 117 Å². The van der Waals surface area contributed by atoms with Crippen LogP contribution in [0, 0.1) is 0 Å². The molecule has 0 N–H and O–H groups in total. The van der Waals surface area contributed by atoms with E-state index >= 15 is 0 Å². The van der Waals surface area contributed by atoms with Crippen LogP contribution in [-0.2, 0) is 5.41 Å². The predicted octanol–water partition coefficient (Wildman–Crippen LogP) is 13.1. The normalized spacial score (nSPS) is 13.1. The predicted molar refractivity (Wildman–Crippen MR) is 221 cm³/mol. The van der Waals surface area contributed by atoms with Crippen molar-refractivity contribution in [3.63, 3.8) is 0 Å². The van der Waals surface area contributed by atoms with E-state index in [0.29, 0.717) is 17.5 Å². The van der Waals surface area contributed by atoms with E-state index in [-0.39, 0.29) is 5.41 Å². The summed E-state index contributed by atoms with van der Waals surface area (Å²) in [7, 11) is 0. The van der Waals surface area contributed by atoms with Crippen LogP contribution in [0.25, 0.3) is 99.9 Å². The Hall–Kier alpha value is -6.91. The van der Waals surface area contributed by atoms with Gasteiger partial charge in [-0.1, -0.05) is 159 Å². The van der Waals surface area contributed by atoms with Crippen molar-refractivity contribution in [3.05, 3.63) is 175 Å². The van der Waals surface area contributed by atoms with Crippen molar-refractivity contribution in [3.8, 4) is 56.4 Å². The van der Waals surface area contributed by atoms with Crippen molar-refractivity contribution in [2.75, 3.05) is 0 Å². The van der Waals surface area contributed by atoms with E-state index in [1.165, 1.54) is 49.5 Å². The maximum atomic E-state index is 6.62. The van der Waals surface area contributed by atoms with Gasteiger partial charge < -0.3 is 4.42 Å². The van der Waals surface area contributed by atoms with Crippen LogP contribution >= 0.6 is 0 Å². The van der Waals surface area contributed by atoms with Gasteiger partial charge in [-0.05, 0) is 67.7 Å². The number of benzene rings is 8. The average Bonchev–Trinajstić information content (AvgIpc) is 3.73. The van der Waals surface area contributed by atoms with Gasteiger partial charge >= 0.3 is 0 Å². The third-order valence-corrected chi connectivity index (χ3v) is 11.3. The second-order valence-electron chi connectivity index (χ2n) is 14.7. The number of fused-ring (bicyclic) bond motifs is 11. The smallest absolute Gasteiger partial charge is 0.164 e. The summed E-state index contributed by atoms with van der Waals surface area (Å²) in [5.74, 6) is 1.96. The third-order valence-electron chi connectivity index (χ3n) is 11.3.